The van der Waals surface area contributed by atoms with Crippen LogP contribution < -0.4 is 5.14 Å². The van der Waals surface area contributed by atoms with Gasteiger partial charge in [-0.15, -0.1) is 0 Å². The molecule has 1 fully saturated rings. The predicted octanol–water partition coefficient (Wildman–Crippen LogP) is 0.408. The molecule has 0 aliphatic carbocycles. The average molecular weight is 259 g/mol. The van der Waals surface area contributed by atoms with Gasteiger partial charge in [-0.1, -0.05) is 0 Å². The van der Waals surface area contributed by atoms with Crippen LogP contribution in [0.1, 0.15) is 25.1 Å². The van der Waals surface area contributed by atoms with Gasteiger partial charge in [0.05, 0.1) is 6.10 Å². The number of hydrogen-bond donors (Lipinski definition) is 1. The molecule has 1 aromatic rings. The molecular weight excluding hydrogens is 242 g/mol. The van der Waals surface area contributed by atoms with Gasteiger partial charge in [-0.2, -0.15) is 0 Å². The zero-order valence-corrected chi connectivity index (χ0v) is 10.6. The number of sulfonamides is 1. The summed E-state index contributed by atoms with van der Waals surface area (Å²) < 4.78 is 29.6. The molecule has 17 heavy (non-hydrogen) atoms. The Bertz CT molecular complexity index is 489. The summed E-state index contributed by atoms with van der Waals surface area (Å²) in [7, 11) is -3.71. The van der Waals surface area contributed by atoms with Gasteiger partial charge < -0.3 is 9.30 Å². The first-order valence-electron chi connectivity index (χ1n) is 5.65. The van der Waals surface area contributed by atoms with Gasteiger partial charge in [0.15, 0.2) is 5.03 Å². The van der Waals surface area contributed by atoms with E-state index in [1.165, 1.54) is 6.20 Å². The fourth-order valence-corrected chi connectivity index (χ4v) is 2.53. The summed E-state index contributed by atoms with van der Waals surface area (Å²) in [5, 5.41) is 4.96. The fourth-order valence-electron chi connectivity index (χ4n) is 2.00. The van der Waals surface area contributed by atoms with Gasteiger partial charge in [0.25, 0.3) is 10.0 Å². The molecule has 0 amide bonds. The molecule has 0 aromatic carbocycles. The Kier molecular flexibility index (Phi) is 3.50. The first kappa shape index (κ1) is 12.5. The normalized spacial score (nSPS) is 20.9. The van der Waals surface area contributed by atoms with Crippen LogP contribution in [0.25, 0.3) is 0 Å². The summed E-state index contributed by atoms with van der Waals surface area (Å²) in [4.78, 5) is 3.94. The van der Waals surface area contributed by atoms with Crippen LogP contribution in [0.2, 0.25) is 0 Å². The van der Waals surface area contributed by atoms with Gasteiger partial charge in [0.1, 0.15) is 5.82 Å². The molecule has 2 N–H and O–H groups in total. The van der Waals surface area contributed by atoms with Crippen molar-refractivity contribution in [2.75, 3.05) is 6.61 Å². The molecule has 1 unspecified atom stereocenters. The molecule has 1 aliphatic heterocycles. The number of aryl methyl sites for hydroxylation is 2. The van der Waals surface area contributed by atoms with Crippen molar-refractivity contribution in [1.82, 2.24) is 9.55 Å². The average Bonchev–Trinajstić information content (AvgIpc) is 2.83. The second-order valence-corrected chi connectivity index (χ2v) is 5.80. The zero-order valence-electron chi connectivity index (χ0n) is 9.80. The maximum atomic E-state index is 11.1. The lowest BCUT2D eigenvalue weighted by atomic mass is 10.2. The highest BCUT2D eigenvalue weighted by molar-refractivity contribution is 7.89. The van der Waals surface area contributed by atoms with E-state index in [1.54, 1.807) is 11.5 Å². The third-order valence-corrected chi connectivity index (χ3v) is 3.74. The van der Waals surface area contributed by atoms with Crippen LogP contribution in [0.15, 0.2) is 11.2 Å². The van der Waals surface area contributed by atoms with E-state index < -0.39 is 10.0 Å². The second-order valence-electron chi connectivity index (χ2n) is 4.29. The topological polar surface area (TPSA) is 87.2 Å². The van der Waals surface area contributed by atoms with Crippen LogP contribution in [-0.4, -0.2) is 30.7 Å². The zero-order chi connectivity index (χ0) is 12.5. The highest BCUT2D eigenvalue weighted by atomic mass is 32.2. The minimum absolute atomic E-state index is 0.0673. The Labute approximate surface area is 101 Å². The summed E-state index contributed by atoms with van der Waals surface area (Å²) in [5.74, 6) is 0.659. The number of imidazole rings is 1. The number of primary sulfonamides is 1. The molecule has 1 saturated heterocycles. The van der Waals surface area contributed by atoms with Crippen molar-refractivity contribution >= 4 is 10.0 Å². The number of rotatable bonds is 4. The van der Waals surface area contributed by atoms with Gasteiger partial charge in [-0.3, -0.25) is 0 Å². The lowest BCUT2D eigenvalue weighted by Gasteiger charge is -2.10. The number of nitrogens with zero attached hydrogens (tertiary/aromatic N) is 2. The first-order chi connectivity index (χ1) is 7.97. The molecule has 2 heterocycles. The lowest BCUT2D eigenvalue weighted by molar-refractivity contribution is 0.100. The van der Waals surface area contributed by atoms with E-state index >= 15 is 0 Å². The monoisotopic (exact) mass is 259 g/mol. The van der Waals surface area contributed by atoms with Crippen LogP contribution in [0.4, 0.5) is 0 Å². The van der Waals surface area contributed by atoms with E-state index in [4.69, 9.17) is 9.88 Å². The van der Waals surface area contributed by atoms with E-state index in [0.29, 0.717) is 12.4 Å². The van der Waals surface area contributed by atoms with E-state index in [9.17, 15) is 8.42 Å². The molecule has 1 aromatic heterocycles. The molecule has 2 rings (SSSR count). The molecular formula is C10H17N3O3S. The molecule has 0 saturated carbocycles. The highest BCUT2D eigenvalue weighted by Crippen LogP contribution is 2.17. The van der Waals surface area contributed by atoms with Crippen molar-refractivity contribution in [2.45, 2.75) is 43.9 Å². The quantitative estimate of drug-likeness (QED) is 0.848. The summed E-state index contributed by atoms with van der Waals surface area (Å²) in [5.41, 5.74) is 0. The van der Waals surface area contributed by atoms with Crippen molar-refractivity contribution < 1.29 is 13.2 Å². The van der Waals surface area contributed by atoms with E-state index in [-0.39, 0.29) is 11.1 Å². The Morgan fingerprint density at radius 3 is 2.94 bits per heavy atom. The molecule has 0 radical (unpaired) electrons. The van der Waals surface area contributed by atoms with Crippen LogP contribution in [0, 0.1) is 6.92 Å². The van der Waals surface area contributed by atoms with Gasteiger partial charge in [-0.25, -0.2) is 18.5 Å². The van der Waals surface area contributed by atoms with E-state index in [1.807, 2.05) is 0 Å². The summed E-state index contributed by atoms with van der Waals surface area (Å²) in [6.45, 7) is 3.30. The minimum Gasteiger partial charge on any atom is -0.378 e. The number of aromatic nitrogens is 2. The second kappa shape index (κ2) is 4.75. The van der Waals surface area contributed by atoms with Gasteiger partial charge >= 0.3 is 0 Å². The minimum atomic E-state index is -3.71. The van der Waals surface area contributed by atoms with Crippen molar-refractivity contribution in [2.24, 2.45) is 5.14 Å². The third kappa shape index (κ3) is 3.05. The van der Waals surface area contributed by atoms with Crippen molar-refractivity contribution in [1.29, 1.82) is 0 Å². The van der Waals surface area contributed by atoms with Gasteiger partial charge in [0, 0.05) is 19.3 Å². The van der Waals surface area contributed by atoms with Gasteiger partial charge in [-0.05, 0) is 26.2 Å². The van der Waals surface area contributed by atoms with Crippen molar-refractivity contribution in [3.8, 4) is 0 Å². The molecule has 0 spiro atoms. The van der Waals surface area contributed by atoms with Crippen LogP contribution >= 0.6 is 0 Å². The number of hydrogen-bond acceptors (Lipinski definition) is 4. The van der Waals surface area contributed by atoms with Crippen LogP contribution in [-0.2, 0) is 21.3 Å². The highest BCUT2D eigenvalue weighted by Gasteiger charge is 2.17. The summed E-state index contributed by atoms with van der Waals surface area (Å²) in [6.07, 6.45) is 4.84. The molecule has 1 atom stereocenters. The number of ether oxygens (including phenoxy) is 1. The van der Waals surface area contributed by atoms with E-state index in [2.05, 4.69) is 4.98 Å². The molecule has 6 nitrogen and oxygen atoms in total. The Morgan fingerprint density at radius 2 is 2.41 bits per heavy atom. The van der Waals surface area contributed by atoms with Crippen molar-refractivity contribution in [3.63, 3.8) is 0 Å². The predicted molar refractivity (Wildman–Crippen MR) is 61.9 cm³/mol. The summed E-state index contributed by atoms with van der Waals surface area (Å²) in [6, 6.07) is 0. The fraction of sp³-hybridized carbons (Fsp3) is 0.700. The summed E-state index contributed by atoms with van der Waals surface area (Å²) >= 11 is 0. The van der Waals surface area contributed by atoms with Crippen LogP contribution in [0.5, 0.6) is 0 Å². The standard InChI is InChI=1S/C10H17N3O3S/c1-8-12-10(17(11,14)15)7-13(8)5-4-9-3-2-6-16-9/h7,9H,2-6H2,1H3,(H2,11,14,15). The Morgan fingerprint density at radius 1 is 1.65 bits per heavy atom. The Hall–Kier alpha value is -0.920. The van der Waals surface area contributed by atoms with E-state index in [0.717, 1.165) is 25.9 Å². The Balaban J connectivity index is 2.03. The first-order valence-corrected chi connectivity index (χ1v) is 7.19. The third-order valence-electron chi connectivity index (χ3n) is 2.96. The maximum Gasteiger partial charge on any atom is 0.257 e. The largest absolute Gasteiger partial charge is 0.378 e. The molecule has 0 bridgehead atoms. The van der Waals surface area contributed by atoms with Crippen LogP contribution in [0.3, 0.4) is 0 Å². The number of nitrogens with two attached hydrogens (primary N) is 1. The molecule has 96 valence electrons. The van der Waals surface area contributed by atoms with Gasteiger partial charge in [0.2, 0.25) is 0 Å². The lowest BCUT2D eigenvalue weighted by Crippen LogP contribution is -2.12. The molecule has 7 heteroatoms. The SMILES string of the molecule is Cc1nc(S(N)(=O)=O)cn1CCC1CCCO1. The molecule has 1 aliphatic rings. The van der Waals surface area contributed by atoms with Crippen molar-refractivity contribution in [3.05, 3.63) is 12.0 Å². The smallest absolute Gasteiger partial charge is 0.257 e. The maximum absolute atomic E-state index is 11.1.